The number of hydrogen-bond acceptors (Lipinski definition) is 6. The van der Waals surface area contributed by atoms with Gasteiger partial charge >= 0.3 is 0 Å². The Hall–Kier alpha value is -6.96. The van der Waals surface area contributed by atoms with Crippen LogP contribution in [0.15, 0.2) is 116 Å². The summed E-state index contributed by atoms with van der Waals surface area (Å²) < 4.78 is 2.29. The summed E-state index contributed by atoms with van der Waals surface area (Å²) in [7, 11) is 0. The quantitative estimate of drug-likeness (QED) is 0.182. The summed E-state index contributed by atoms with van der Waals surface area (Å²) in [5, 5.41) is 21.1. The summed E-state index contributed by atoms with van der Waals surface area (Å²) in [6, 6.07) is 36.9. The molecule has 5 aromatic carbocycles. The normalized spacial score (nSPS) is 11.1. The van der Waals surface area contributed by atoms with Crippen LogP contribution in [0.25, 0.3) is 72.5 Å². The van der Waals surface area contributed by atoms with Crippen molar-refractivity contribution >= 4 is 21.8 Å². The average Bonchev–Trinajstić information content (AvgIpc) is 3.46. The number of aromatic nitrogens is 5. The second-order valence-corrected chi connectivity index (χ2v) is 13.1. The molecule has 8 aromatic rings. The number of nitriles is 2. The smallest absolute Gasteiger partial charge is 0.161 e. The fraction of sp³-hybridized carbons (Fsp3) is 0.0909. The van der Waals surface area contributed by atoms with Gasteiger partial charge < -0.3 is 4.57 Å². The summed E-state index contributed by atoms with van der Waals surface area (Å²) in [6.07, 6.45) is 6.12. The van der Waals surface area contributed by atoms with E-state index in [1.165, 1.54) is 34.6 Å². The lowest BCUT2D eigenvalue weighted by Gasteiger charge is -2.16. The van der Waals surface area contributed by atoms with Crippen LogP contribution < -0.4 is 0 Å². The predicted molar refractivity (Wildman–Crippen MR) is 202 cm³/mol. The minimum Gasteiger partial charge on any atom is -0.308 e. The summed E-state index contributed by atoms with van der Waals surface area (Å²) in [6.45, 7) is 8.51. The number of hydrogen-bond donors (Lipinski definition) is 0. The number of aryl methyl sites for hydroxylation is 4. The summed E-state index contributed by atoms with van der Waals surface area (Å²) >= 11 is 0. The molecule has 8 rings (SSSR count). The second-order valence-electron chi connectivity index (χ2n) is 13.1. The zero-order valence-corrected chi connectivity index (χ0v) is 28.6. The van der Waals surface area contributed by atoms with Gasteiger partial charge in [-0.25, -0.2) is 19.9 Å². The highest BCUT2D eigenvalue weighted by atomic mass is 15.0. The Bertz CT molecular complexity index is 2590. The molecule has 0 saturated carbocycles. The first-order valence-electron chi connectivity index (χ1n) is 16.6. The highest BCUT2D eigenvalue weighted by Crippen LogP contribution is 2.40. The molecule has 51 heavy (non-hydrogen) atoms. The second kappa shape index (κ2) is 12.5. The van der Waals surface area contributed by atoms with Gasteiger partial charge in [-0.05, 0) is 80.3 Å². The minimum atomic E-state index is 0.375. The molecule has 0 amide bonds. The van der Waals surface area contributed by atoms with Gasteiger partial charge in [0.25, 0.3) is 0 Å². The number of rotatable bonds is 5. The van der Waals surface area contributed by atoms with E-state index in [0.29, 0.717) is 22.8 Å². The van der Waals surface area contributed by atoms with Crippen LogP contribution in [0.5, 0.6) is 0 Å². The molecule has 0 aliphatic heterocycles. The molecule has 0 N–H and O–H groups in total. The van der Waals surface area contributed by atoms with Crippen LogP contribution in [-0.4, -0.2) is 24.5 Å². The van der Waals surface area contributed by atoms with E-state index in [9.17, 15) is 10.5 Å². The van der Waals surface area contributed by atoms with Gasteiger partial charge in [0, 0.05) is 46.7 Å². The van der Waals surface area contributed by atoms with Crippen molar-refractivity contribution < 1.29 is 0 Å². The molecule has 0 atom stereocenters. The van der Waals surface area contributed by atoms with Gasteiger partial charge in [0.05, 0.1) is 27.8 Å². The first-order valence-corrected chi connectivity index (χ1v) is 16.6. The summed E-state index contributed by atoms with van der Waals surface area (Å²) in [5.41, 5.74) is 14.6. The SMILES string of the molecule is Cc1cc(C)cc(-c2ccc3c4ccc(-c5cc(C)cc(C)c5)cc4n(-c4ccc(-c5ncc(C#N)cn5)cc4-c4ncc(C#N)cn4)c3c2)c1. The Balaban J connectivity index is 1.45. The number of nitrogens with zero attached hydrogens (tertiary/aromatic N) is 7. The van der Waals surface area contributed by atoms with Gasteiger partial charge in [-0.3, -0.25) is 0 Å². The van der Waals surface area contributed by atoms with Gasteiger partial charge in [-0.1, -0.05) is 82.9 Å². The zero-order valence-electron chi connectivity index (χ0n) is 28.6. The van der Waals surface area contributed by atoms with Gasteiger partial charge in [-0.2, -0.15) is 10.5 Å². The van der Waals surface area contributed by atoms with Crippen LogP contribution in [0.2, 0.25) is 0 Å². The third-order valence-corrected chi connectivity index (χ3v) is 9.18. The molecule has 3 aromatic heterocycles. The maximum absolute atomic E-state index is 9.51. The molecule has 242 valence electrons. The maximum atomic E-state index is 9.51. The Morgan fingerprint density at radius 3 is 1.33 bits per heavy atom. The Morgan fingerprint density at radius 1 is 0.451 bits per heavy atom. The molecule has 0 bridgehead atoms. The lowest BCUT2D eigenvalue weighted by molar-refractivity contribution is 1.12. The van der Waals surface area contributed by atoms with Gasteiger partial charge in [0.15, 0.2) is 11.6 Å². The fourth-order valence-electron chi connectivity index (χ4n) is 7.03. The van der Waals surface area contributed by atoms with Crippen molar-refractivity contribution in [3.05, 3.63) is 149 Å². The van der Waals surface area contributed by atoms with Crippen LogP contribution in [-0.2, 0) is 0 Å². The highest BCUT2D eigenvalue weighted by Gasteiger charge is 2.20. The lowest BCUT2D eigenvalue weighted by Crippen LogP contribution is -2.01. The van der Waals surface area contributed by atoms with Crippen molar-refractivity contribution in [2.45, 2.75) is 27.7 Å². The van der Waals surface area contributed by atoms with Crippen LogP contribution in [0.1, 0.15) is 33.4 Å². The lowest BCUT2D eigenvalue weighted by atomic mass is 9.98. The monoisotopic (exact) mass is 657 g/mol. The minimum absolute atomic E-state index is 0.375. The van der Waals surface area contributed by atoms with E-state index in [-0.39, 0.29) is 0 Å². The van der Waals surface area contributed by atoms with Crippen molar-refractivity contribution in [1.82, 2.24) is 24.5 Å². The van der Waals surface area contributed by atoms with Crippen molar-refractivity contribution in [2.24, 2.45) is 0 Å². The van der Waals surface area contributed by atoms with Crippen LogP contribution >= 0.6 is 0 Å². The van der Waals surface area contributed by atoms with Gasteiger partial charge in [0.1, 0.15) is 12.1 Å². The first kappa shape index (κ1) is 31.3. The topological polar surface area (TPSA) is 104 Å². The maximum Gasteiger partial charge on any atom is 0.161 e. The fourth-order valence-corrected chi connectivity index (χ4v) is 7.03. The molecule has 7 nitrogen and oxygen atoms in total. The molecule has 0 aliphatic carbocycles. The largest absolute Gasteiger partial charge is 0.308 e. The molecular formula is C44H31N7. The van der Waals surface area contributed by atoms with Crippen molar-refractivity contribution in [3.63, 3.8) is 0 Å². The van der Waals surface area contributed by atoms with E-state index < -0.39 is 0 Å². The van der Waals surface area contributed by atoms with E-state index >= 15 is 0 Å². The Morgan fingerprint density at radius 2 is 0.882 bits per heavy atom. The summed E-state index contributed by atoms with van der Waals surface area (Å²) in [5.74, 6) is 0.942. The van der Waals surface area contributed by atoms with E-state index in [1.54, 1.807) is 12.4 Å². The average molecular weight is 658 g/mol. The van der Waals surface area contributed by atoms with Gasteiger partial charge in [0.2, 0.25) is 0 Å². The molecule has 0 saturated heterocycles. The molecule has 0 aliphatic rings. The van der Waals surface area contributed by atoms with Crippen LogP contribution in [0.4, 0.5) is 0 Å². The van der Waals surface area contributed by atoms with Gasteiger partial charge in [-0.15, -0.1) is 0 Å². The van der Waals surface area contributed by atoms with Crippen molar-refractivity contribution in [2.75, 3.05) is 0 Å². The van der Waals surface area contributed by atoms with Crippen LogP contribution in [0.3, 0.4) is 0 Å². The Kier molecular flexibility index (Phi) is 7.67. The van der Waals surface area contributed by atoms with E-state index in [4.69, 9.17) is 0 Å². The van der Waals surface area contributed by atoms with E-state index in [2.05, 4.69) is 143 Å². The molecular weight excluding hydrogens is 627 g/mol. The molecule has 3 heterocycles. The standard InChI is InChI=1S/C44H31N7/c1-26-11-27(2)14-35(13-26)32-5-8-37-38-9-6-33(36-15-28(3)12-29(4)16-36)19-42(38)51(41(37)18-32)40-10-7-34(43-47-22-30(20-45)23-48-43)17-39(40)44-49-24-31(21-46)25-50-44/h5-19,22-25H,1-4H3. The predicted octanol–water partition coefficient (Wildman–Crippen LogP) is 10.0. The number of fused-ring (bicyclic) bond motifs is 3. The molecule has 0 spiro atoms. The Labute approximate surface area is 295 Å². The van der Waals surface area contributed by atoms with E-state index in [0.717, 1.165) is 60.9 Å². The number of benzene rings is 5. The summed E-state index contributed by atoms with van der Waals surface area (Å²) in [4.78, 5) is 18.2. The van der Waals surface area contributed by atoms with Crippen molar-refractivity contribution in [1.29, 1.82) is 10.5 Å². The highest BCUT2D eigenvalue weighted by molar-refractivity contribution is 6.11. The third kappa shape index (κ3) is 5.77. The van der Waals surface area contributed by atoms with E-state index in [1.807, 2.05) is 12.1 Å². The molecule has 0 fully saturated rings. The molecule has 7 heteroatoms. The van der Waals surface area contributed by atoms with Crippen LogP contribution in [0, 0.1) is 50.4 Å². The zero-order chi connectivity index (χ0) is 35.2. The first-order chi connectivity index (χ1) is 24.8. The third-order valence-electron chi connectivity index (χ3n) is 9.18. The molecule has 0 radical (unpaired) electrons. The molecule has 0 unspecified atom stereocenters. The van der Waals surface area contributed by atoms with Crippen molar-refractivity contribution in [3.8, 4) is 62.9 Å².